The monoisotopic (exact) mass is 218 g/mol. The van der Waals surface area contributed by atoms with Gasteiger partial charge in [-0.1, -0.05) is 0 Å². The van der Waals surface area contributed by atoms with Gasteiger partial charge in [0.2, 0.25) is 0 Å². The maximum absolute atomic E-state index is 11.1. The van der Waals surface area contributed by atoms with Gasteiger partial charge in [-0.15, -0.1) is 0 Å². The zero-order valence-electron chi connectivity index (χ0n) is 8.42. The predicted octanol–water partition coefficient (Wildman–Crippen LogP) is 1.35. The van der Waals surface area contributed by atoms with Gasteiger partial charge in [0.15, 0.2) is 0 Å². The van der Waals surface area contributed by atoms with E-state index in [-0.39, 0.29) is 12.2 Å². The number of hydrogen-bond donors (Lipinski definition) is 1. The second-order valence-electron chi connectivity index (χ2n) is 3.10. The minimum Gasteiger partial charge on any atom is -0.485 e. The fourth-order valence-corrected chi connectivity index (χ4v) is 1.24. The van der Waals surface area contributed by atoms with Crippen LogP contribution >= 0.6 is 0 Å². The Morgan fingerprint density at radius 3 is 3.06 bits per heavy atom. The third-order valence-electron chi connectivity index (χ3n) is 2.00. The molecule has 2 rings (SSSR count). The van der Waals surface area contributed by atoms with E-state index in [2.05, 4.69) is 4.98 Å². The van der Waals surface area contributed by atoms with Crippen LogP contribution in [0.2, 0.25) is 0 Å². The van der Waals surface area contributed by atoms with Gasteiger partial charge >= 0.3 is 0 Å². The third-order valence-corrected chi connectivity index (χ3v) is 2.00. The minimum absolute atomic E-state index is 0.247. The number of ether oxygens (including phenoxy) is 1. The first-order valence-corrected chi connectivity index (χ1v) is 4.66. The Labute approximate surface area is 91.8 Å². The first-order valence-electron chi connectivity index (χ1n) is 4.66. The smallest absolute Gasteiger partial charge is 0.254 e. The number of carbonyl (C=O) groups is 1. The summed E-state index contributed by atoms with van der Waals surface area (Å²) in [4.78, 5) is 14.9. The van der Waals surface area contributed by atoms with Gasteiger partial charge in [-0.05, 0) is 18.2 Å². The van der Waals surface area contributed by atoms with Gasteiger partial charge in [-0.2, -0.15) is 0 Å². The van der Waals surface area contributed by atoms with Gasteiger partial charge in [0.25, 0.3) is 5.91 Å². The third kappa shape index (κ3) is 2.20. The molecular weight excluding hydrogens is 208 g/mol. The summed E-state index contributed by atoms with van der Waals surface area (Å²) in [6.45, 7) is 0.247. The lowest BCUT2D eigenvalue weighted by Crippen LogP contribution is -2.13. The summed E-state index contributed by atoms with van der Waals surface area (Å²) in [5, 5.41) is 0. The number of amides is 1. The fraction of sp³-hybridized carbons (Fsp3) is 0.0909. The Morgan fingerprint density at radius 1 is 1.50 bits per heavy atom. The number of nitrogens with two attached hydrogens (primary N) is 1. The highest BCUT2D eigenvalue weighted by Gasteiger charge is 2.09. The van der Waals surface area contributed by atoms with E-state index in [0.717, 1.165) is 0 Å². The van der Waals surface area contributed by atoms with Gasteiger partial charge < -0.3 is 14.9 Å². The molecule has 0 saturated carbocycles. The summed E-state index contributed by atoms with van der Waals surface area (Å²) in [6, 6.07) is 5.13. The molecule has 0 aliphatic heterocycles. The van der Waals surface area contributed by atoms with Crippen molar-refractivity contribution in [2.24, 2.45) is 5.73 Å². The Morgan fingerprint density at radius 2 is 2.38 bits per heavy atom. The van der Waals surface area contributed by atoms with Crippen LogP contribution in [0, 0.1) is 0 Å². The Balaban J connectivity index is 2.12. The minimum atomic E-state index is -0.567. The summed E-state index contributed by atoms with van der Waals surface area (Å²) in [5.41, 5.74) is 5.44. The molecule has 0 fully saturated rings. The van der Waals surface area contributed by atoms with Crippen molar-refractivity contribution >= 4 is 5.91 Å². The maximum atomic E-state index is 11.1. The highest BCUT2D eigenvalue weighted by atomic mass is 16.5. The topological polar surface area (TPSA) is 78.4 Å². The quantitative estimate of drug-likeness (QED) is 0.840. The second kappa shape index (κ2) is 4.48. The van der Waals surface area contributed by atoms with Crippen LogP contribution in [0.25, 0.3) is 0 Å². The lowest BCUT2D eigenvalue weighted by molar-refractivity contribution is 0.0995. The van der Waals surface area contributed by atoms with Crippen LogP contribution < -0.4 is 10.5 Å². The summed E-state index contributed by atoms with van der Waals surface area (Å²) in [5.74, 6) is 0.508. The van der Waals surface area contributed by atoms with E-state index in [1.807, 2.05) is 0 Å². The number of rotatable bonds is 4. The molecule has 0 spiro atoms. The number of primary amides is 1. The molecule has 0 bridgehead atoms. The molecule has 1 amide bonds. The fourth-order valence-electron chi connectivity index (χ4n) is 1.24. The summed E-state index contributed by atoms with van der Waals surface area (Å²) < 4.78 is 10.5. The van der Waals surface area contributed by atoms with Crippen LogP contribution in [0.3, 0.4) is 0 Å². The lowest BCUT2D eigenvalue weighted by Gasteiger charge is -2.06. The average molecular weight is 218 g/mol. The Bertz CT molecular complexity index is 480. The Kier molecular flexibility index (Phi) is 2.86. The molecule has 0 aromatic carbocycles. The van der Waals surface area contributed by atoms with Crippen molar-refractivity contribution in [2.45, 2.75) is 6.61 Å². The molecule has 0 atom stereocenters. The first kappa shape index (κ1) is 10.2. The molecule has 2 heterocycles. The van der Waals surface area contributed by atoms with Crippen molar-refractivity contribution in [2.75, 3.05) is 0 Å². The zero-order chi connectivity index (χ0) is 11.4. The van der Waals surface area contributed by atoms with E-state index < -0.39 is 5.91 Å². The van der Waals surface area contributed by atoms with E-state index in [1.165, 1.54) is 12.4 Å². The molecule has 0 aliphatic rings. The molecule has 5 nitrogen and oxygen atoms in total. The van der Waals surface area contributed by atoms with Crippen molar-refractivity contribution in [1.29, 1.82) is 0 Å². The van der Waals surface area contributed by atoms with Crippen molar-refractivity contribution in [3.05, 3.63) is 48.2 Å². The molecule has 5 heteroatoms. The molecule has 2 aromatic heterocycles. The van der Waals surface area contributed by atoms with Crippen LogP contribution in [0.4, 0.5) is 0 Å². The van der Waals surface area contributed by atoms with E-state index in [0.29, 0.717) is 11.5 Å². The van der Waals surface area contributed by atoms with Gasteiger partial charge in [-0.3, -0.25) is 9.78 Å². The van der Waals surface area contributed by atoms with Crippen molar-refractivity contribution < 1.29 is 13.9 Å². The van der Waals surface area contributed by atoms with E-state index >= 15 is 0 Å². The van der Waals surface area contributed by atoms with Gasteiger partial charge in [-0.25, -0.2) is 0 Å². The van der Waals surface area contributed by atoms with Crippen LogP contribution in [0.1, 0.15) is 16.1 Å². The summed E-state index contributed by atoms with van der Waals surface area (Å²) >= 11 is 0. The average Bonchev–Trinajstić information content (AvgIpc) is 2.79. The van der Waals surface area contributed by atoms with Crippen LogP contribution in [0.5, 0.6) is 5.75 Å². The van der Waals surface area contributed by atoms with Crippen molar-refractivity contribution in [1.82, 2.24) is 4.98 Å². The van der Waals surface area contributed by atoms with Gasteiger partial charge in [0, 0.05) is 12.4 Å². The molecular formula is C11H10N2O3. The standard InChI is InChI=1S/C11H10N2O3/c12-11(14)9-6-13-4-3-10(9)16-7-8-2-1-5-15-8/h1-6H,7H2,(H2,12,14). The van der Waals surface area contributed by atoms with E-state index in [1.54, 1.807) is 24.5 Å². The number of hydrogen-bond acceptors (Lipinski definition) is 4. The van der Waals surface area contributed by atoms with E-state index in [4.69, 9.17) is 14.9 Å². The number of nitrogens with zero attached hydrogens (tertiary/aromatic N) is 1. The van der Waals surface area contributed by atoms with Gasteiger partial charge in [0.05, 0.1) is 11.8 Å². The van der Waals surface area contributed by atoms with Crippen LogP contribution in [-0.4, -0.2) is 10.9 Å². The van der Waals surface area contributed by atoms with E-state index in [9.17, 15) is 4.79 Å². The zero-order valence-corrected chi connectivity index (χ0v) is 8.42. The molecule has 0 saturated heterocycles. The largest absolute Gasteiger partial charge is 0.485 e. The molecule has 16 heavy (non-hydrogen) atoms. The highest BCUT2D eigenvalue weighted by molar-refractivity contribution is 5.95. The molecule has 2 N–H and O–H groups in total. The molecule has 0 radical (unpaired) electrons. The maximum Gasteiger partial charge on any atom is 0.254 e. The SMILES string of the molecule is NC(=O)c1cnccc1OCc1ccco1. The number of furan rings is 1. The number of aromatic nitrogens is 1. The second-order valence-corrected chi connectivity index (χ2v) is 3.10. The van der Waals surface area contributed by atoms with Crippen molar-refractivity contribution in [3.63, 3.8) is 0 Å². The molecule has 0 aliphatic carbocycles. The normalized spacial score (nSPS) is 10.0. The van der Waals surface area contributed by atoms with Crippen LogP contribution in [0.15, 0.2) is 41.3 Å². The van der Waals surface area contributed by atoms with Crippen molar-refractivity contribution in [3.8, 4) is 5.75 Å². The van der Waals surface area contributed by atoms with Gasteiger partial charge in [0.1, 0.15) is 18.1 Å². The number of carbonyl (C=O) groups excluding carboxylic acids is 1. The molecule has 0 unspecified atom stereocenters. The first-order chi connectivity index (χ1) is 7.77. The number of pyridine rings is 1. The highest BCUT2D eigenvalue weighted by Crippen LogP contribution is 2.17. The molecule has 2 aromatic rings. The predicted molar refractivity (Wildman–Crippen MR) is 55.8 cm³/mol. The van der Waals surface area contributed by atoms with Crippen LogP contribution in [-0.2, 0) is 6.61 Å². The summed E-state index contributed by atoms with van der Waals surface area (Å²) in [6.07, 6.45) is 4.46. The Hall–Kier alpha value is -2.30. The lowest BCUT2D eigenvalue weighted by atomic mass is 10.2. The molecule has 82 valence electrons. The summed E-state index contributed by atoms with van der Waals surface area (Å²) in [7, 11) is 0.